The lowest BCUT2D eigenvalue weighted by atomic mass is 10.1. The normalized spacial score (nSPS) is 24.9. The summed E-state index contributed by atoms with van der Waals surface area (Å²) < 4.78 is 21.3. The summed E-state index contributed by atoms with van der Waals surface area (Å²) in [6.07, 6.45) is 0. The molecule has 0 aliphatic carbocycles. The first-order valence-electron chi connectivity index (χ1n) is 5.19. The number of amidine groups is 1. The summed E-state index contributed by atoms with van der Waals surface area (Å²) in [6.45, 7) is 3.61. The molecule has 104 valence electrons. The molecule has 1 saturated heterocycles. The van der Waals surface area contributed by atoms with Gasteiger partial charge in [-0.1, -0.05) is 13.8 Å². The maximum Gasteiger partial charge on any atom is 0.265 e. The van der Waals surface area contributed by atoms with Crippen molar-refractivity contribution in [1.29, 1.82) is 0 Å². The number of hydrogen-bond donors (Lipinski definition) is 3. The number of amides is 1. The SMILES string of the molecule is CC(C)[C@H](N)C(=O)N=C1SC(S(N)(=O)=O)NN1C. The second-order valence-corrected chi connectivity index (χ2v) is 7.25. The maximum absolute atomic E-state index is 11.7. The average molecular weight is 295 g/mol. The van der Waals surface area contributed by atoms with Crippen LogP contribution in [0, 0.1) is 5.92 Å². The van der Waals surface area contributed by atoms with E-state index in [2.05, 4.69) is 10.4 Å². The van der Waals surface area contributed by atoms with Crippen LogP contribution in [0.15, 0.2) is 4.99 Å². The molecule has 0 saturated carbocycles. The molecule has 0 aromatic rings. The maximum atomic E-state index is 11.7. The zero-order valence-corrected chi connectivity index (χ0v) is 12.0. The number of carbonyl (C=O) groups excluding carboxylic acids is 1. The first-order chi connectivity index (χ1) is 8.12. The van der Waals surface area contributed by atoms with Gasteiger partial charge in [0, 0.05) is 7.05 Å². The van der Waals surface area contributed by atoms with Crippen molar-refractivity contribution < 1.29 is 13.2 Å². The number of carbonyl (C=O) groups is 1. The van der Waals surface area contributed by atoms with Gasteiger partial charge in [0.25, 0.3) is 5.91 Å². The third kappa shape index (κ3) is 3.65. The highest BCUT2D eigenvalue weighted by molar-refractivity contribution is 8.22. The number of sulfonamides is 1. The Hall–Kier alpha value is -0.680. The number of nitrogens with two attached hydrogens (primary N) is 2. The molecule has 1 amide bonds. The molecule has 18 heavy (non-hydrogen) atoms. The minimum atomic E-state index is -3.75. The Kier molecular flexibility index (Phi) is 4.72. The number of thioether (sulfide) groups is 1. The molecule has 1 aliphatic heterocycles. The van der Waals surface area contributed by atoms with Crippen molar-refractivity contribution in [2.75, 3.05) is 7.05 Å². The summed E-state index contributed by atoms with van der Waals surface area (Å²) in [5, 5.41) is 6.57. The Morgan fingerprint density at radius 2 is 2.11 bits per heavy atom. The van der Waals surface area contributed by atoms with Crippen LogP contribution in [0.25, 0.3) is 0 Å². The fourth-order valence-corrected chi connectivity index (χ4v) is 2.97. The third-order valence-corrected chi connectivity index (χ3v) is 5.00. The van der Waals surface area contributed by atoms with Gasteiger partial charge in [-0.3, -0.25) is 9.80 Å². The average Bonchev–Trinajstić information content (AvgIpc) is 2.58. The molecule has 10 heteroatoms. The zero-order valence-electron chi connectivity index (χ0n) is 10.3. The molecule has 8 nitrogen and oxygen atoms in total. The molecular weight excluding hydrogens is 278 g/mol. The van der Waals surface area contributed by atoms with Crippen molar-refractivity contribution in [3.05, 3.63) is 0 Å². The minimum Gasteiger partial charge on any atom is -0.320 e. The van der Waals surface area contributed by atoms with E-state index in [-0.39, 0.29) is 11.1 Å². The van der Waals surface area contributed by atoms with Crippen molar-refractivity contribution in [3.8, 4) is 0 Å². The summed E-state index contributed by atoms with van der Waals surface area (Å²) in [4.78, 5) is 15.5. The van der Waals surface area contributed by atoms with Crippen molar-refractivity contribution in [2.45, 2.75) is 24.6 Å². The molecule has 0 bridgehead atoms. The Balaban J connectivity index is 2.83. The van der Waals surface area contributed by atoms with Crippen LogP contribution >= 0.6 is 11.8 Å². The second kappa shape index (κ2) is 5.53. The number of aliphatic imine (C=N–C) groups is 1. The zero-order chi connectivity index (χ0) is 14.1. The lowest BCUT2D eigenvalue weighted by Gasteiger charge is -2.13. The van der Waals surface area contributed by atoms with Gasteiger partial charge in [0.2, 0.25) is 10.0 Å². The van der Waals surface area contributed by atoms with Gasteiger partial charge in [-0.15, -0.1) is 0 Å². The lowest BCUT2D eigenvalue weighted by Crippen LogP contribution is -2.41. The van der Waals surface area contributed by atoms with Crippen molar-refractivity contribution >= 4 is 32.9 Å². The summed E-state index contributed by atoms with van der Waals surface area (Å²) in [7, 11) is -2.21. The van der Waals surface area contributed by atoms with E-state index in [1.807, 2.05) is 0 Å². The van der Waals surface area contributed by atoms with Gasteiger partial charge in [0.1, 0.15) is 0 Å². The van der Waals surface area contributed by atoms with Gasteiger partial charge in [-0.2, -0.15) is 4.99 Å². The number of primary sulfonamides is 1. The molecule has 1 aliphatic rings. The highest BCUT2D eigenvalue weighted by Crippen LogP contribution is 2.23. The van der Waals surface area contributed by atoms with Crippen molar-refractivity contribution in [3.63, 3.8) is 0 Å². The predicted molar refractivity (Wildman–Crippen MR) is 70.6 cm³/mol. The molecule has 0 aromatic carbocycles. The number of hydrogen-bond acceptors (Lipinski definition) is 6. The number of hydrazine groups is 1. The van der Waals surface area contributed by atoms with Crippen LogP contribution in [0.3, 0.4) is 0 Å². The van der Waals surface area contributed by atoms with Gasteiger partial charge in [0.05, 0.1) is 6.04 Å². The van der Waals surface area contributed by atoms with Crippen LogP contribution in [-0.2, 0) is 14.8 Å². The summed E-state index contributed by atoms with van der Waals surface area (Å²) in [5.41, 5.74) is 8.23. The van der Waals surface area contributed by atoms with Gasteiger partial charge >= 0.3 is 0 Å². The Bertz CT molecular complexity index is 461. The Morgan fingerprint density at radius 3 is 2.50 bits per heavy atom. The fraction of sp³-hybridized carbons (Fsp3) is 0.750. The molecule has 1 rings (SSSR count). The van der Waals surface area contributed by atoms with Gasteiger partial charge in [-0.05, 0) is 17.7 Å². The molecule has 1 heterocycles. The number of rotatable bonds is 3. The Morgan fingerprint density at radius 1 is 1.56 bits per heavy atom. The third-order valence-electron chi connectivity index (χ3n) is 2.31. The molecule has 0 aromatic heterocycles. The highest BCUT2D eigenvalue weighted by atomic mass is 32.3. The smallest absolute Gasteiger partial charge is 0.265 e. The number of nitrogens with one attached hydrogen (secondary N) is 1. The Labute approximate surface area is 110 Å². The monoisotopic (exact) mass is 295 g/mol. The predicted octanol–water partition coefficient (Wildman–Crippen LogP) is -1.39. The van der Waals surface area contributed by atoms with Crippen molar-refractivity contribution in [1.82, 2.24) is 10.4 Å². The van der Waals surface area contributed by atoms with Crippen LogP contribution in [-0.4, -0.2) is 42.3 Å². The first kappa shape index (κ1) is 15.4. The standard InChI is InChI=1S/C8H17N5O3S2/c1-4(2)5(9)6(14)11-7-13(3)12-8(17-7)18(10,15)16/h4-5,8,12H,9H2,1-3H3,(H2,10,15,16)/t5-,8?/m0/s1. The first-order valence-corrected chi connectivity index (χ1v) is 7.68. The summed E-state index contributed by atoms with van der Waals surface area (Å²) in [5.74, 6) is -0.531. The van der Waals surface area contributed by atoms with Crippen LogP contribution in [0.2, 0.25) is 0 Å². The van der Waals surface area contributed by atoms with E-state index in [1.54, 1.807) is 20.9 Å². The largest absolute Gasteiger partial charge is 0.320 e. The van der Waals surface area contributed by atoms with Crippen LogP contribution in [0.1, 0.15) is 13.8 Å². The van der Waals surface area contributed by atoms with E-state index in [1.165, 1.54) is 5.01 Å². The molecule has 5 N–H and O–H groups in total. The molecule has 1 fully saturated rings. The highest BCUT2D eigenvalue weighted by Gasteiger charge is 2.34. The quantitative estimate of drug-likeness (QED) is 0.584. The van der Waals surface area contributed by atoms with Crippen LogP contribution in [0.4, 0.5) is 0 Å². The van der Waals surface area contributed by atoms with E-state index < -0.39 is 26.7 Å². The van der Waals surface area contributed by atoms with E-state index in [0.29, 0.717) is 0 Å². The van der Waals surface area contributed by atoms with Gasteiger partial charge in [0.15, 0.2) is 9.87 Å². The van der Waals surface area contributed by atoms with Crippen molar-refractivity contribution in [2.24, 2.45) is 21.8 Å². The van der Waals surface area contributed by atoms with Gasteiger partial charge in [-0.25, -0.2) is 19.0 Å². The molecule has 2 atom stereocenters. The topological polar surface area (TPSA) is 131 Å². The van der Waals surface area contributed by atoms with Gasteiger partial charge < -0.3 is 5.73 Å². The fourth-order valence-electron chi connectivity index (χ4n) is 1.11. The van der Waals surface area contributed by atoms with Crippen LogP contribution < -0.4 is 16.3 Å². The lowest BCUT2D eigenvalue weighted by molar-refractivity contribution is -0.119. The molecule has 0 spiro atoms. The number of nitrogens with zero attached hydrogens (tertiary/aromatic N) is 2. The van der Waals surface area contributed by atoms with Crippen LogP contribution in [0.5, 0.6) is 0 Å². The second-order valence-electron chi connectivity index (χ2n) is 4.23. The molecule has 0 radical (unpaired) electrons. The van der Waals surface area contributed by atoms with E-state index in [4.69, 9.17) is 10.9 Å². The molecule has 1 unspecified atom stereocenters. The summed E-state index contributed by atoms with van der Waals surface area (Å²) >= 11 is 0.859. The van der Waals surface area contributed by atoms with E-state index >= 15 is 0 Å². The summed E-state index contributed by atoms with van der Waals surface area (Å²) in [6, 6.07) is -0.708. The minimum absolute atomic E-state index is 0.0412. The molecular formula is C8H17N5O3S2. The van der Waals surface area contributed by atoms with E-state index in [9.17, 15) is 13.2 Å². The van der Waals surface area contributed by atoms with E-state index in [0.717, 1.165) is 11.8 Å².